The highest BCUT2D eigenvalue weighted by Crippen LogP contribution is 2.36. The highest BCUT2D eigenvalue weighted by molar-refractivity contribution is 5.84. The lowest BCUT2D eigenvalue weighted by atomic mass is 9.89. The molecule has 0 spiro atoms. The van der Waals surface area contributed by atoms with Gasteiger partial charge in [0.25, 0.3) is 5.91 Å². The molecule has 2 aliphatic rings. The van der Waals surface area contributed by atoms with Gasteiger partial charge in [0.1, 0.15) is 11.9 Å². The Hall–Kier alpha value is -2.91. The Kier molecular flexibility index (Phi) is 5.25. The molecule has 0 saturated carbocycles. The van der Waals surface area contributed by atoms with Crippen LogP contribution in [-0.2, 0) is 17.5 Å². The SMILES string of the molecule is O=C1C2C(CO)C(c3ccc(F)cc3)NN2C=CN1Cc1cccc(C(F)(F)F)c1. The molecular formula is C21H19F4N3O2. The van der Waals surface area contributed by atoms with E-state index in [1.807, 2.05) is 0 Å². The molecular weight excluding hydrogens is 402 g/mol. The molecule has 3 unspecified atom stereocenters. The Morgan fingerprint density at radius 2 is 1.80 bits per heavy atom. The predicted octanol–water partition coefficient (Wildman–Crippen LogP) is 3.20. The van der Waals surface area contributed by atoms with Crippen LogP contribution in [0.25, 0.3) is 0 Å². The lowest BCUT2D eigenvalue weighted by Gasteiger charge is -2.33. The van der Waals surface area contributed by atoms with E-state index in [4.69, 9.17) is 0 Å². The van der Waals surface area contributed by atoms with Gasteiger partial charge in [-0.15, -0.1) is 0 Å². The number of nitrogens with one attached hydrogen (secondary N) is 1. The zero-order chi connectivity index (χ0) is 21.5. The fourth-order valence-electron chi connectivity index (χ4n) is 3.93. The summed E-state index contributed by atoms with van der Waals surface area (Å²) in [7, 11) is 0. The zero-order valence-electron chi connectivity index (χ0n) is 15.7. The van der Waals surface area contributed by atoms with Gasteiger partial charge in [-0.05, 0) is 35.4 Å². The van der Waals surface area contributed by atoms with Crippen LogP contribution in [0, 0.1) is 11.7 Å². The van der Waals surface area contributed by atoms with E-state index < -0.39 is 35.6 Å². The van der Waals surface area contributed by atoms with Crippen molar-refractivity contribution in [1.82, 2.24) is 15.3 Å². The molecule has 5 nitrogen and oxygen atoms in total. The van der Waals surface area contributed by atoms with Crippen LogP contribution >= 0.6 is 0 Å². The first kappa shape index (κ1) is 20.4. The number of hydrogen-bond acceptors (Lipinski definition) is 4. The smallest absolute Gasteiger partial charge is 0.396 e. The second-order valence-electron chi connectivity index (χ2n) is 7.32. The number of fused-ring (bicyclic) bond motifs is 1. The quantitative estimate of drug-likeness (QED) is 0.745. The Bertz CT molecular complexity index is 961. The minimum absolute atomic E-state index is 0.0248. The third kappa shape index (κ3) is 3.78. The number of nitrogens with zero attached hydrogens (tertiary/aromatic N) is 2. The standard InChI is InChI=1S/C21H19F4N3O2/c22-16-6-4-14(5-7-16)18-17(12-29)19-20(30)27(8-9-28(19)26-18)11-13-2-1-3-15(10-13)21(23,24)25/h1-10,17-19,26,29H,11-12H2. The van der Waals surface area contributed by atoms with Gasteiger partial charge in [-0.25, -0.2) is 9.82 Å². The van der Waals surface area contributed by atoms with Gasteiger partial charge in [0.15, 0.2) is 0 Å². The number of aliphatic hydroxyl groups is 1. The van der Waals surface area contributed by atoms with Crippen LogP contribution in [0.3, 0.4) is 0 Å². The Morgan fingerprint density at radius 1 is 1.07 bits per heavy atom. The Labute approximate surface area is 170 Å². The number of carbonyl (C=O) groups is 1. The van der Waals surface area contributed by atoms with Crippen molar-refractivity contribution in [2.75, 3.05) is 6.61 Å². The average Bonchev–Trinajstić information content (AvgIpc) is 3.10. The van der Waals surface area contributed by atoms with Crippen molar-refractivity contribution in [3.63, 3.8) is 0 Å². The average molecular weight is 421 g/mol. The number of hydrazine groups is 1. The molecule has 30 heavy (non-hydrogen) atoms. The van der Waals surface area contributed by atoms with Gasteiger partial charge in [-0.1, -0.05) is 24.3 Å². The fraction of sp³-hybridized carbons (Fsp3) is 0.286. The van der Waals surface area contributed by atoms with E-state index in [1.165, 1.54) is 35.4 Å². The minimum Gasteiger partial charge on any atom is -0.396 e. The first-order valence-corrected chi connectivity index (χ1v) is 9.33. The topological polar surface area (TPSA) is 55.8 Å². The Morgan fingerprint density at radius 3 is 2.47 bits per heavy atom. The first-order valence-electron chi connectivity index (χ1n) is 9.33. The number of alkyl halides is 3. The second kappa shape index (κ2) is 7.73. The van der Waals surface area contributed by atoms with Gasteiger partial charge in [-0.2, -0.15) is 13.2 Å². The molecule has 0 aromatic heterocycles. The summed E-state index contributed by atoms with van der Waals surface area (Å²) in [6.45, 7) is -0.323. The number of halogens is 4. The van der Waals surface area contributed by atoms with Crippen molar-refractivity contribution in [2.24, 2.45) is 5.92 Å². The largest absolute Gasteiger partial charge is 0.416 e. The number of aliphatic hydroxyl groups excluding tert-OH is 1. The first-order chi connectivity index (χ1) is 14.3. The lowest BCUT2D eigenvalue weighted by molar-refractivity contribution is -0.137. The van der Waals surface area contributed by atoms with Crippen LogP contribution in [0.4, 0.5) is 17.6 Å². The van der Waals surface area contributed by atoms with Crippen LogP contribution in [0.2, 0.25) is 0 Å². The molecule has 9 heteroatoms. The summed E-state index contributed by atoms with van der Waals surface area (Å²) in [5.41, 5.74) is 3.43. The van der Waals surface area contributed by atoms with Crippen molar-refractivity contribution >= 4 is 5.91 Å². The molecule has 2 aromatic carbocycles. The second-order valence-corrected chi connectivity index (χ2v) is 7.32. The van der Waals surface area contributed by atoms with Crippen LogP contribution in [-0.4, -0.2) is 33.6 Å². The van der Waals surface area contributed by atoms with Gasteiger partial charge in [0.2, 0.25) is 0 Å². The third-order valence-corrected chi connectivity index (χ3v) is 5.41. The maximum atomic E-state index is 13.2. The zero-order valence-corrected chi connectivity index (χ0v) is 15.7. The van der Waals surface area contributed by atoms with Crippen LogP contribution < -0.4 is 5.43 Å². The molecule has 4 rings (SSSR count). The number of hydrogen-bond donors (Lipinski definition) is 2. The van der Waals surface area contributed by atoms with E-state index in [9.17, 15) is 27.5 Å². The van der Waals surface area contributed by atoms with Crippen molar-refractivity contribution in [3.05, 3.63) is 83.4 Å². The van der Waals surface area contributed by atoms with E-state index in [2.05, 4.69) is 5.43 Å². The molecule has 2 N–H and O–H groups in total. The third-order valence-electron chi connectivity index (χ3n) is 5.41. The summed E-state index contributed by atoms with van der Waals surface area (Å²) >= 11 is 0. The molecule has 1 saturated heterocycles. The monoisotopic (exact) mass is 421 g/mol. The normalized spacial score (nSPS) is 23.8. The maximum absolute atomic E-state index is 13.2. The van der Waals surface area contributed by atoms with Crippen LogP contribution in [0.5, 0.6) is 0 Å². The molecule has 1 amide bonds. The van der Waals surface area contributed by atoms with Crippen molar-refractivity contribution in [2.45, 2.75) is 24.8 Å². The van der Waals surface area contributed by atoms with E-state index >= 15 is 0 Å². The molecule has 158 valence electrons. The van der Waals surface area contributed by atoms with E-state index in [-0.39, 0.29) is 19.1 Å². The summed E-state index contributed by atoms with van der Waals surface area (Å²) < 4.78 is 52.1. The van der Waals surface area contributed by atoms with Crippen molar-refractivity contribution < 1.29 is 27.5 Å². The highest BCUT2D eigenvalue weighted by Gasteiger charge is 2.47. The molecule has 1 fully saturated rings. The number of rotatable bonds is 4. The summed E-state index contributed by atoms with van der Waals surface area (Å²) in [6.07, 6.45) is -1.35. The van der Waals surface area contributed by atoms with Crippen molar-refractivity contribution in [3.8, 4) is 0 Å². The van der Waals surface area contributed by atoms with Crippen molar-refractivity contribution in [1.29, 1.82) is 0 Å². The minimum atomic E-state index is -4.46. The number of benzene rings is 2. The van der Waals surface area contributed by atoms with Gasteiger partial charge >= 0.3 is 6.18 Å². The van der Waals surface area contributed by atoms with Gasteiger partial charge in [-0.3, -0.25) is 4.79 Å². The van der Waals surface area contributed by atoms with Gasteiger partial charge in [0.05, 0.1) is 24.8 Å². The van der Waals surface area contributed by atoms with Crippen LogP contribution in [0.1, 0.15) is 22.7 Å². The molecule has 0 aliphatic carbocycles. The summed E-state index contributed by atoms with van der Waals surface area (Å²) in [4.78, 5) is 14.4. The van der Waals surface area contributed by atoms with Crippen LogP contribution in [0.15, 0.2) is 60.9 Å². The summed E-state index contributed by atoms with van der Waals surface area (Å²) in [5, 5.41) is 11.5. The van der Waals surface area contributed by atoms with Gasteiger partial charge < -0.3 is 15.0 Å². The summed E-state index contributed by atoms with van der Waals surface area (Å²) in [6, 6.07) is 9.47. The van der Waals surface area contributed by atoms with E-state index in [0.717, 1.165) is 17.7 Å². The maximum Gasteiger partial charge on any atom is 0.416 e. The van der Waals surface area contributed by atoms with E-state index in [1.54, 1.807) is 23.3 Å². The Balaban J connectivity index is 1.55. The van der Waals surface area contributed by atoms with E-state index in [0.29, 0.717) is 5.56 Å². The fourth-order valence-corrected chi connectivity index (χ4v) is 3.93. The number of carbonyl (C=O) groups excluding carboxylic acids is 1. The lowest BCUT2D eigenvalue weighted by Crippen LogP contribution is -2.50. The molecule has 3 atom stereocenters. The summed E-state index contributed by atoms with van der Waals surface area (Å²) in [5.74, 6) is -1.25. The highest BCUT2D eigenvalue weighted by atomic mass is 19.4. The van der Waals surface area contributed by atoms with Gasteiger partial charge in [0, 0.05) is 18.3 Å². The molecule has 0 radical (unpaired) electrons. The molecule has 2 aromatic rings. The molecule has 0 bridgehead atoms. The number of amides is 1. The molecule has 2 heterocycles. The predicted molar refractivity (Wildman–Crippen MR) is 99.6 cm³/mol. The molecule has 2 aliphatic heterocycles.